The van der Waals surface area contributed by atoms with Gasteiger partial charge in [0.1, 0.15) is 12.7 Å². The molecule has 86 valence electrons. The maximum absolute atomic E-state index is 6.01. The molecule has 0 aromatic heterocycles. The van der Waals surface area contributed by atoms with E-state index in [4.69, 9.17) is 9.05 Å². The van der Waals surface area contributed by atoms with Crippen LogP contribution in [-0.2, 0) is 9.05 Å². The molecule has 2 aliphatic heterocycles. The number of hydrogen-bond donors (Lipinski definition) is 0. The van der Waals surface area contributed by atoms with Crippen molar-refractivity contribution in [3.63, 3.8) is 0 Å². The lowest BCUT2D eigenvalue weighted by Gasteiger charge is -2.20. The van der Waals surface area contributed by atoms with Crippen LogP contribution in [0.1, 0.15) is 25.5 Å². The third-order valence-corrected chi connectivity index (χ3v) is 5.37. The fourth-order valence-corrected chi connectivity index (χ4v) is 4.38. The maximum atomic E-state index is 6.01. The van der Waals surface area contributed by atoms with Gasteiger partial charge in [0.05, 0.1) is 12.1 Å². The van der Waals surface area contributed by atoms with Gasteiger partial charge in [-0.05, 0) is 19.4 Å². The van der Waals surface area contributed by atoms with Crippen molar-refractivity contribution in [1.82, 2.24) is 4.67 Å². The molecule has 2 unspecified atom stereocenters. The van der Waals surface area contributed by atoms with Gasteiger partial charge in [-0.25, -0.2) is 0 Å². The van der Waals surface area contributed by atoms with Crippen LogP contribution in [0.2, 0.25) is 0 Å². The minimum absolute atomic E-state index is 0.137. The Labute approximate surface area is 97.3 Å². The molecule has 0 spiro atoms. The fraction of sp³-hybridized carbons (Fsp3) is 0.500. The molecular weight excluding hydrogens is 221 g/mol. The summed E-state index contributed by atoms with van der Waals surface area (Å²) in [6.07, 6.45) is 0.190. The van der Waals surface area contributed by atoms with Crippen LogP contribution in [0.3, 0.4) is 0 Å². The van der Waals surface area contributed by atoms with Crippen LogP contribution in [0.4, 0.5) is 0 Å². The summed E-state index contributed by atoms with van der Waals surface area (Å²) in [4.78, 5) is 0. The topological polar surface area (TPSA) is 21.7 Å². The Hall–Kier alpha value is -0.470. The van der Waals surface area contributed by atoms with Gasteiger partial charge in [0, 0.05) is 0 Å². The van der Waals surface area contributed by atoms with E-state index in [1.54, 1.807) is 0 Å². The summed E-state index contributed by atoms with van der Waals surface area (Å²) in [6, 6.07) is 10.4. The highest BCUT2D eigenvalue weighted by atomic mass is 31.2. The summed E-state index contributed by atoms with van der Waals surface area (Å²) >= 11 is 0. The maximum Gasteiger partial charge on any atom is 0.337 e. The van der Waals surface area contributed by atoms with Crippen molar-refractivity contribution < 1.29 is 9.05 Å². The summed E-state index contributed by atoms with van der Waals surface area (Å²) in [5.74, 6) is 0. The Bertz CT molecular complexity index is 382. The summed E-state index contributed by atoms with van der Waals surface area (Å²) in [6.45, 7) is 6.21. The van der Waals surface area contributed by atoms with Crippen LogP contribution in [-0.4, -0.2) is 23.4 Å². The van der Waals surface area contributed by atoms with E-state index in [2.05, 4.69) is 42.8 Å². The third kappa shape index (κ3) is 1.68. The molecular formula is C12H17NO2P+. The van der Waals surface area contributed by atoms with E-state index in [0.717, 1.165) is 13.2 Å². The van der Waals surface area contributed by atoms with Gasteiger partial charge in [-0.3, -0.25) is 0 Å². The molecule has 16 heavy (non-hydrogen) atoms. The zero-order valence-corrected chi connectivity index (χ0v) is 10.6. The van der Waals surface area contributed by atoms with Gasteiger partial charge in [-0.15, -0.1) is 4.67 Å². The van der Waals surface area contributed by atoms with Crippen molar-refractivity contribution in [1.29, 1.82) is 0 Å². The van der Waals surface area contributed by atoms with Crippen molar-refractivity contribution in [2.75, 3.05) is 13.2 Å². The van der Waals surface area contributed by atoms with Crippen LogP contribution in [0, 0.1) is 0 Å². The van der Waals surface area contributed by atoms with E-state index in [1.165, 1.54) is 5.56 Å². The molecule has 3 rings (SSSR count). The first-order valence-corrected chi connectivity index (χ1v) is 6.92. The molecule has 0 aliphatic carbocycles. The highest BCUT2D eigenvalue weighted by molar-refractivity contribution is 7.45. The smallest absolute Gasteiger partial charge is 0.187 e. The standard InChI is InChI=1S/C12H16NO2P/c1-12(2)9-14-16-13(12)8-11(15-16)10-6-4-3-5-7-10/h3-7,11H,8-9H2,1-2H3/p+1. The Kier molecular flexibility index (Phi) is 2.52. The Morgan fingerprint density at radius 3 is 2.75 bits per heavy atom. The molecule has 0 radical (unpaired) electrons. The van der Waals surface area contributed by atoms with Crippen LogP contribution in [0.5, 0.6) is 0 Å². The number of hydrogen-bond acceptors (Lipinski definition) is 3. The molecule has 2 heterocycles. The molecule has 3 nitrogen and oxygen atoms in total. The quantitative estimate of drug-likeness (QED) is 0.702. The number of nitrogens with zero attached hydrogens (tertiary/aromatic N) is 1. The van der Waals surface area contributed by atoms with Gasteiger partial charge >= 0.3 is 8.53 Å². The van der Waals surface area contributed by atoms with E-state index < -0.39 is 8.53 Å². The SMILES string of the molecule is CC1(C)CO[PH+]2OC(c3ccccc3)CN21. The highest BCUT2D eigenvalue weighted by Gasteiger charge is 2.55. The average Bonchev–Trinajstić information content (AvgIpc) is 2.82. The Morgan fingerprint density at radius 2 is 2.06 bits per heavy atom. The normalized spacial score (nSPS) is 32.9. The number of benzene rings is 1. The number of fused-ring (bicyclic) bond motifs is 1. The summed E-state index contributed by atoms with van der Waals surface area (Å²) < 4.78 is 14.2. The molecule has 0 amide bonds. The first-order chi connectivity index (χ1) is 7.67. The molecule has 2 atom stereocenters. The average molecular weight is 238 g/mol. The lowest BCUT2D eigenvalue weighted by atomic mass is 10.1. The number of rotatable bonds is 1. The Balaban J connectivity index is 1.80. The Morgan fingerprint density at radius 1 is 1.31 bits per heavy atom. The first-order valence-electron chi connectivity index (χ1n) is 5.66. The van der Waals surface area contributed by atoms with Crippen LogP contribution in [0.15, 0.2) is 30.3 Å². The van der Waals surface area contributed by atoms with Gasteiger partial charge in [-0.1, -0.05) is 30.3 Å². The fourth-order valence-electron chi connectivity index (χ4n) is 2.23. The van der Waals surface area contributed by atoms with Gasteiger partial charge in [0.2, 0.25) is 0 Å². The highest BCUT2D eigenvalue weighted by Crippen LogP contribution is 2.61. The summed E-state index contributed by atoms with van der Waals surface area (Å²) in [5.41, 5.74) is 1.39. The van der Waals surface area contributed by atoms with E-state index in [0.29, 0.717) is 0 Å². The second kappa shape index (κ2) is 3.78. The lowest BCUT2D eigenvalue weighted by Crippen LogP contribution is -2.37. The molecule has 1 aromatic rings. The van der Waals surface area contributed by atoms with Gasteiger partial charge in [0.15, 0.2) is 0 Å². The molecule has 4 heteroatoms. The first kappa shape index (κ1) is 10.7. The summed E-state index contributed by atoms with van der Waals surface area (Å²) in [5, 5.41) is 0. The molecule has 2 aliphatic rings. The molecule has 1 aromatic carbocycles. The third-order valence-electron chi connectivity index (χ3n) is 3.26. The minimum Gasteiger partial charge on any atom is -0.187 e. The second-order valence-electron chi connectivity index (χ2n) is 4.99. The van der Waals surface area contributed by atoms with Crippen molar-refractivity contribution >= 4 is 8.53 Å². The molecule has 0 bridgehead atoms. The van der Waals surface area contributed by atoms with E-state index in [-0.39, 0.29) is 11.6 Å². The van der Waals surface area contributed by atoms with E-state index in [9.17, 15) is 0 Å². The summed E-state index contributed by atoms with van der Waals surface area (Å²) in [7, 11) is -1.19. The predicted octanol–water partition coefficient (Wildman–Crippen LogP) is 2.83. The van der Waals surface area contributed by atoms with E-state index in [1.807, 2.05) is 6.07 Å². The van der Waals surface area contributed by atoms with Crippen molar-refractivity contribution in [3.8, 4) is 0 Å². The van der Waals surface area contributed by atoms with Crippen molar-refractivity contribution in [2.45, 2.75) is 25.5 Å². The van der Waals surface area contributed by atoms with Gasteiger partial charge in [-0.2, -0.15) is 9.05 Å². The van der Waals surface area contributed by atoms with Gasteiger partial charge in [0.25, 0.3) is 0 Å². The van der Waals surface area contributed by atoms with E-state index >= 15 is 0 Å². The lowest BCUT2D eigenvalue weighted by molar-refractivity contribution is 0.162. The van der Waals surface area contributed by atoms with Crippen LogP contribution >= 0.6 is 8.53 Å². The minimum atomic E-state index is -1.19. The predicted molar refractivity (Wildman–Crippen MR) is 65.3 cm³/mol. The molecule has 2 fully saturated rings. The molecule has 0 N–H and O–H groups in total. The zero-order valence-electron chi connectivity index (χ0n) is 9.64. The second-order valence-corrected chi connectivity index (χ2v) is 6.59. The largest absolute Gasteiger partial charge is 0.337 e. The molecule has 0 saturated carbocycles. The van der Waals surface area contributed by atoms with Gasteiger partial charge < -0.3 is 0 Å². The monoisotopic (exact) mass is 238 g/mol. The zero-order chi connectivity index (χ0) is 11.2. The van der Waals surface area contributed by atoms with Crippen molar-refractivity contribution in [2.24, 2.45) is 0 Å². The van der Waals surface area contributed by atoms with Crippen LogP contribution < -0.4 is 0 Å². The van der Waals surface area contributed by atoms with Crippen molar-refractivity contribution in [3.05, 3.63) is 35.9 Å². The van der Waals surface area contributed by atoms with Crippen LogP contribution in [0.25, 0.3) is 0 Å². The molecule has 2 saturated heterocycles.